The summed E-state index contributed by atoms with van der Waals surface area (Å²) in [6.07, 6.45) is 0. The number of hydrogen-bond acceptors (Lipinski definition) is 3. The molecule has 0 heterocycles. The van der Waals surface area contributed by atoms with Crippen LogP contribution in [0.1, 0.15) is 19.4 Å². The minimum atomic E-state index is -3.47. The molecule has 1 N–H and O–H groups in total. The lowest BCUT2D eigenvalue weighted by atomic mass is 10.1. The van der Waals surface area contributed by atoms with Crippen LogP contribution in [0.25, 0.3) is 0 Å². The molecule has 1 aromatic rings. The van der Waals surface area contributed by atoms with E-state index in [4.69, 9.17) is 4.74 Å². The standard InChI is InChI=1S/C13H21NO3S/c1-10(2)13(9-17-4)14-18(15,16)12-7-5-11(3)6-8-12/h5-8,10,13-14H,9H2,1-4H3. The lowest BCUT2D eigenvalue weighted by Crippen LogP contribution is -2.41. The van der Waals surface area contributed by atoms with Crippen molar-refractivity contribution in [2.45, 2.75) is 31.7 Å². The van der Waals surface area contributed by atoms with Crippen molar-refractivity contribution in [3.05, 3.63) is 29.8 Å². The number of methoxy groups -OCH3 is 1. The summed E-state index contributed by atoms with van der Waals surface area (Å²) in [5.41, 5.74) is 1.03. The van der Waals surface area contributed by atoms with Gasteiger partial charge in [0, 0.05) is 13.2 Å². The normalized spacial score (nSPS) is 13.8. The fourth-order valence-electron chi connectivity index (χ4n) is 1.53. The van der Waals surface area contributed by atoms with Gasteiger partial charge in [0.25, 0.3) is 0 Å². The topological polar surface area (TPSA) is 55.4 Å². The Hall–Kier alpha value is -0.910. The van der Waals surface area contributed by atoms with Crippen LogP contribution >= 0.6 is 0 Å². The molecule has 0 saturated heterocycles. The molecule has 0 saturated carbocycles. The van der Waals surface area contributed by atoms with Gasteiger partial charge >= 0.3 is 0 Å². The van der Waals surface area contributed by atoms with E-state index in [1.807, 2.05) is 20.8 Å². The highest BCUT2D eigenvalue weighted by atomic mass is 32.2. The predicted molar refractivity (Wildman–Crippen MR) is 72.0 cm³/mol. The Balaban J connectivity index is 2.89. The van der Waals surface area contributed by atoms with Gasteiger partial charge in [0.15, 0.2) is 0 Å². The van der Waals surface area contributed by atoms with Crippen LogP contribution in [0.5, 0.6) is 0 Å². The zero-order valence-electron chi connectivity index (χ0n) is 11.3. The molecule has 18 heavy (non-hydrogen) atoms. The molecule has 0 fully saturated rings. The highest BCUT2D eigenvalue weighted by Crippen LogP contribution is 2.12. The molecule has 0 aliphatic carbocycles. The Bertz CT molecular complexity index is 466. The maximum absolute atomic E-state index is 12.2. The van der Waals surface area contributed by atoms with E-state index in [0.29, 0.717) is 6.61 Å². The zero-order chi connectivity index (χ0) is 13.8. The van der Waals surface area contributed by atoms with Crippen LogP contribution in [0.15, 0.2) is 29.2 Å². The molecule has 1 unspecified atom stereocenters. The Kier molecular flexibility index (Phi) is 5.31. The van der Waals surface area contributed by atoms with Crippen LogP contribution in [-0.2, 0) is 14.8 Å². The Morgan fingerprint density at radius 2 is 1.78 bits per heavy atom. The third kappa shape index (κ3) is 4.08. The minimum absolute atomic E-state index is 0.171. The number of benzene rings is 1. The summed E-state index contributed by atoms with van der Waals surface area (Å²) in [6.45, 7) is 6.21. The first-order valence-electron chi connectivity index (χ1n) is 5.94. The molecular weight excluding hydrogens is 250 g/mol. The fourth-order valence-corrected chi connectivity index (χ4v) is 2.90. The maximum Gasteiger partial charge on any atom is 0.240 e. The summed E-state index contributed by atoms with van der Waals surface area (Å²) in [6, 6.07) is 6.58. The Labute approximate surface area is 109 Å². The second-order valence-electron chi connectivity index (χ2n) is 4.74. The first-order chi connectivity index (χ1) is 8.36. The van der Waals surface area contributed by atoms with Crippen LogP contribution in [0.3, 0.4) is 0 Å². The smallest absolute Gasteiger partial charge is 0.240 e. The quantitative estimate of drug-likeness (QED) is 0.860. The van der Waals surface area contributed by atoms with Crippen LogP contribution in [0, 0.1) is 12.8 Å². The summed E-state index contributed by atoms with van der Waals surface area (Å²) >= 11 is 0. The average molecular weight is 271 g/mol. The molecule has 1 rings (SSSR count). The van der Waals surface area contributed by atoms with E-state index in [1.54, 1.807) is 31.4 Å². The molecule has 0 amide bonds. The summed E-state index contributed by atoms with van der Waals surface area (Å²) in [5.74, 6) is 0.171. The number of ether oxygens (including phenoxy) is 1. The highest BCUT2D eigenvalue weighted by Gasteiger charge is 2.22. The van der Waals surface area contributed by atoms with Gasteiger partial charge in [-0.2, -0.15) is 0 Å². The number of aryl methyl sites for hydroxylation is 1. The van der Waals surface area contributed by atoms with Gasteiger partial charge < -0.3 is 4.74 Å². The van der Waals surface area contributed by atoms with Crippen molar-refractivity contribution in [2.75, 3.05) is 13.7 Å². The van der Waals surface area contributed by atoms with Crippen molar-refractivity contribution in [1.29, 1.82) is 0 Å². The van der Waals surface area contributed by atoms with E-state index in [1.165, 1.54) is 0 Å². The van der Waals surface area contributed by atoms with Gasteiger partial charge in [-0.1, -0.05) is 31.5 Å². The van der Waals surface area contributed by atoms with Crippen LogP contribution < -0.4 is 4.72 Å². The third-order valence-electron chi connectivity index (χ3n) is 2.79. The van der Waals surface area contributed by atoms with Crippen molar-refractivity contribution in [3.63, 3.8) is 0 Å². The predicted octanol–water partition coefficient (Wildman–Crippen LogP) is 1.94. The first kappa shape index (κ1) is 15.1. The van der Waals surface area contributed by atoms with Crippen molar-refractivity contribution in [3.8, 4) is 0 Å². The van der Waals surface area contributed by atoms with Crippen molar-refractivity contribution >= 4 is 10.0 Å². The van der Waals surface area contributed by atoms with E-state index in [2.05, 4.69) is 4.72 Å². The molecule has 0 aromatic heterocycles. The lowest BCUT2D eigenvalue weighted by Gasteiger charge is -2.21. The Morgan fingerprint density at radius 3 is 2.22 bits per heavy atom. The minimum Gasteiger partial charge on any atom is -0.383 e. The first-order valence-corrected chi connectivity index (χ1v) is 7.43. The van der Waals surface area contributed by atoms with Gasteiger partial charge in [0.05, 0.1) is 11.5 Å². The molecule has 4 nitrogen and oxygen atoms in total. The molecule has 0 spiro atoms. The lowest BCUT2D eigenvalue weighted by molar-refractivity contribution is 0.157. The molecule has 5 heteroatoms. The summed E-state index contributed by atoms with van der Waals surface area (Å²) in [7, 11) is -1.91. The van der Waals surface area contributed by atoms with E-state index < -0.39 is 10.0 Å². The van der Waals surface area contributed by atoms with E-state index in [0.717, 1.165) is 5.56 Å². The molecular formula is C13H21NO3S. The van der Waals surface area contributed by atoms with Gasteiger partial charge in [-0.15, -0.1) is 0 Å². The van der Waals surface area contributed by atoms with E-state index in [9.17, 15) is 8.42 Å². The van der Waals surface area contributed by atoms with Crippen LogP contribution in [0.2, 0.25) is 0 Å². The van der Waals surface area contributed by atoms with Crippen LogP contribution in [-0.4, -0.2) is 28.2 Å². The number of nitrogens with one attached hydrogen (secondary N) is 1. The SMILES string of the molecule is COCC(NS(=O)(=O)c1ccc(C)cc1)C(C)C. The van der Waals surface area contributed by atoms with E-state index in [-0.39, 0.29) is 16.9 Å². The van der Waals surface area contributed by atoms with Gasteiger partial charge in [0.2, 0.25) is 10.0 Å². The van der Waals surface area contributed by atoms with Gasteiger partial charge in [0.1, 0.15) is 0 Å². The molecule has 0 bridgehead atoms. The maximum atomic E-state index is 12.2. The summed E-state index contributed by atoms with van der Waals surface area (Å²) in [4.78, 5) is 0.287. The van der Waals surface area contributed by atoms with Gasteiger partial charge in [-0.05, 0) is 25.0 Å². The molecule has 1 atom stereocenters. The largest absolute Gasteiger partial charge is 0.383 e. The van der Waals surface area contributed by atoms with Crippen molar-refractivity contribution in [1.82, 2.24) is 4.72 Å². The zero-order valence-corrected chi connectivity index (χ0v) is 12.1. The Morgan fingerprint density at radius 1 is 1.22 bits per heavy atom. The number of sulfonamides is 1. The molecule has 0 aliphatic rings. The van der Waals surface area contributed by atoms with Crippen LogP contribution in [0.4, 0.5) is 0 Å². The summed E-state index contributed by atoms with van der Waals surface area (Å²) in [5, 5.41) is 0. The van der Waals surface area contributed by atoms with Crippen molar-refractivity contribution in [2.24, 2.45) is 5.92 Å². The molecule has 0 aliphatic heterocycles. The molecule has 1 aromatic carbocycles. The average Bonchev–Trinajstić information content (AvgIpc) is 2.28. The van der Waals surface area contributed by atoms with Crippen molar-refractivity contribution < 1.29 is 13.2 Å². The monoisotopic (exact) mass is 271 g/mol. The second kappa shape index (κ2) is 6.31. The fraction of sp³-hybridized carbons (Fsp3) is 0.538. The van der Waals surface area contributed by atoms with E-state index >= 15 is 0 Å². The number of hydrogen-bond donors (Lipinski definition) is 1. The van der Waals surface area contributed by atoms with Gasteiger partial charge in [-0.3, -0.25) is 0 Å². The number of rotatable bonds is 6. The molecule has 0 radical (unpaired) electrons. The highest BCUT2D eigenvalue weighted by molar-refractivity contribution is 7.89. The van der Waals surface area contributed by atoms with Gasteiger partial charge in [-0.25, -0.2) is 13.1 Å². The molecule has 102 valence electrons. The third-order valence-corrected chi connectivity index (χ3v) is 4.29. The second-order valence-corrected chi connectivity index (χ2v) is 6.45. The summed E-state index contributed by atoms with van der Waals surface area (Å²) < 4.78 is 32.0.